The van der Waals surface area contributed by atoms with Crippen LogP contribution in [-0.2, 0) is 6.54 Å². The average Bonchev–Trinajstić information content (AvgIpc) is 3.21. The van der Waals surface area contributed by atoms with E-state index >= 15 is 0 Å². The van der Waals surface area contributed by atoms with Gasteiger partial charge in [-0.15, -0.1) is 0 Å². The quantitative estimate of drug-likeness (QED) is 0.937. The van der Waals surface area contributed by atoms with Crippen molar-refractivity contribution in [3.63, 3.8) is 0 Å². The van der Waals surface area contributed by atoms with Crippen molar-refractivity contribution in [2.75, 3.05) is 5.73 Å². The van der Waals surface area contributed by atoms with E-state index in [1.807, 2.05) is 30.9 Å². The standard InChI is InChI=1S/C16H19N3O2/c1-10-3-6-14(21-10)9-19(13-4-5-13)16(20)15-7-12(17)8-18-11(15)2/h3,6-8,13H,4-5,9,17H2,1-2H3. The Kier molecular flexibility index (Phi) is 3.41. The minimum absolute atomic E-state index is 0.0242. The molecule has 3 rings (SSSR count). The maximum Gasteiger partial charge on any atom is 0.256 e. The Balaban J connectivity index is 1.86. The molecule has 21 heavy (non-hydrogen) atoms. The highest BCUT2D eigenvalue weighted by molar-refractivity contribution is 5.96. The van der Waals surface area contributed by atoms with E-state index in [2.05, 4.69) is 4.98 Å². The fourth-order valence-corrected chi connectivity index (χ4v) is 2.41. The molecule has 0 saturated heterocycles. The van der Waals surface area contributed by atoms with E-state index in [4.69, 9.17) is 10.2 Å². The monoisotopic (exact) mass is 285 g/mol. The number of carbonyl (C=O) groups is 1. The van der Waals surface area contributed by atoms with Crippen LogP contribution >= 0.6 is 0 Å². The van der Waals surface area contributed by atoms with Gasteiger partial charge in [-0.2, -0.15) is 0 Å². The smallest absolute Gasteiger partial charge is 0.256 e. The first kappa shape index (κ1) is 13.7. The third-order valence-corrected chi connectivity index (χ3v) is 3.71. The number of rotatable bonds is 4. The lowest BCUT2D eigenvalue weighted by Crippen LogP contribution is -2.33. The van der Waals surface area contributed by atoms with E-state index < -0.39 is 0 Å². The van der Waals surface area contributed by atoms with E-state index in [9.17, 15) is 4.79 Å². The van der Waals surface area contributed by atoms with Gasteiger partial charge in [0.1, 0.15) is 11.5 Å². The van der Waals surface area contributed by atoms with Crippen LogP contribution in [0, 0.1) is 13.8 Å². The Morgan fingerprint density at radius 2 is 2.19 bits per heavy atom. The number of hydrogen-bond acceptors (Lipinski definition) is 4. The van der Waals surface area contributed by atoms with Crippen molar-refractivity contribution < 1.29 is 9.21 Å². The van der Waals surface area contributed by atoms with Crippen molar-refractivity contribution in [2.45, 2.75) is 39.3 Å². The Labute approximate surface area is 123 Å². The molecular formula is C16H19N3O2. The molecule has 2 heterocycles. The maximum absolute atomic E-state index is 12.8. The van der Waals surface area contributed by atoms with Crippen molar-refractivity contribution in [3.8, 4) is 0 Å². The molecule has 1 aliphatic rings. The number of aryl methyl sites for hydroxylation is 2. The molecule has 5 heteroatoms. The maximum atomic E-state index is 12.8. The summed E-state index contributed by atoms with van der Waals surface area (Å²) in [5.74, 6) is 1.64. The van der Waals surface area contributed by atoms with E-state index in [0.717, 1.165) is 24.4 Å². The van der Waals surface area contributed by atoms with Gasteiger partial charge in [0.2, 0.25) is 0 Å². The van der Waals surface area contributed by atoms with Gasteiger partial charge in [-0.25, -0.2) is 0 Å². The van der Waals surface area contributed by atoms with Gasteiger partial charge in [0.15, 0.2) is 0 Å². The van der Waals surface area contributed by atoms with Crippen LogP contribution in [0.3, 0.4) is 0 Å². The van der Waals surface area contributed by atoms with Crippen molar-refractivity contribution >= 4 is 11.6 Å². The first-order valence-electron chi connectivity index (χ1n) is 7.13. The molecule has 110 valence electrons. The molecule has 0 radical (unpaired) electrons. The molecule has 0 atom stereocenters. The number of hydrogen-bond donors (Lipinski definition) is 1. The number of nitrogens with two attached hydrogens (primary N) is 1. The van der Waals surface area contributed by atoms with Gasteiger partial charge in [-0.1, -0.05) is 0 Å². The number of anilines is 1. The highest BCUT2D eigenvalue weighted by atomic mass is 16.3. The zero-order chi connectivity index (χ0) is 15.0. The molecule has 0 unspecified atom stereocenters. The van der Waals surface area contributed by atoms with Crippen LogP contribution < -0.4 is 5.73 Å². The number of carbonyl (C=O) groups excluding carboxylic acids is 1. The van der Waals surface area contributed by atoms with E-state index in [-0.39, 0.29) is 5.91 Å². The number of nitrogen functional groups attached to an aromatic ring is 1. The fourth-order valence-electron chi connectivity index (χ4n) is 2.41. The summed E-state index contributed by atoms with van der Waals surface area (Å²) in [6, 6.07) is 5.83. The van der Waals surface area contributed by atoms with Gasteiger partial charge in [0.25, 0.3) is 5.91 Å². The minimum atomic E-state index is -0.0242. The van der Waals surface area contributed by atoms with Crippen LogP contribution in [0.5, 0.6) is 0 Å². The van der Waals surface area contributed by atoms with Crippen LogP contribution in [0.25, 0.3) is 0 Å². The lowest BCUT2D eigenvalue weighted by Gasteiger charge is -2.22. The summed E-state index contributed by atoms with van der Waals surface area (Å²) in [5.41, 5.74) is 7.55. The van der Waals surface area contributed by atoms with E-state index in [1.54, 1.807) is 12.3 Å². The second kappa shape index (κ2) is 5.24. The third kappa shape index (κ3) is 2.91. The molecular weight excluding hydrogens is 266 g/mol. The van der Waals surface area contributed by atoms with Crippen molar-refractivity contribution in [1.82, 2.24) is 9.88 Å². The molecule has 5 nitrogen and oxygen atoms in total. The zero-order valence-electron chi connectivity index (χ0n) is 12.3. The Bertz CT molecular complexity index is 674. The third-order valence-electron chi connectivity index (χ3n) is 3.71. The highest BCUT2D eigenvalue weighted by Crippen LogP contribution is 2.30. The van der Waals surface area contributed by atoms with Gasteiger partial charge in [0, 0.05) is 6.04 Å². The number of pyridine rings is 1. The number of furan rings is 1. The zero-order valence-corrected chi connectivity index (χ0v) is 12.3. The molecule has 1 amide bonds. The number of aromatic nitrogens is 1. The van der Waals surface area contributed by atoms with Crippen molar-refractivity contribution in [3.05, 3.63) is 47.2 Å². The molecule has 2 N–H and O–H groups in total. The molecule has 1 aliphatic carbocycles. The lowest BCUT2D eigenvalue weighted by atomic mass is 10.1. The normalized spacial score (nSPS) is 14.2. The number of amides is 1. The Morgan fingerprint density at radius 1 is 1.43 bits per heavy atom. The summed E-state index contributed by atoms with van der Waals surface area (Å²) < 4.78 is 5.60. The molecule has 2 aromatic heterocycles. The first-order valence-corrected chi connectivity index (χ1v) is 7.13. The summed E-state index contributed by atoms with van der Waals surface area (Å²) in [6.07, 6.45) is 3.66. The topological polar surface area (TPSA) is 72.4 Å². The summed E-state index contributed by atoms with van der Waals surface area (Å²) in [5, 5.41) is 0. The molecule has 1 fully saturated rings. The minimum Gasteiger partial charge on any atom is -0.464 e. The predicted molar refractivity (Wildman–Crippen MR) is 79.7 cm³/mol. The SMILES string of the molecule is Cc1ccc(CN(C(=O)c2cc(N)cnc2C)C2CC2)o1. The highest BCUT2D eigenvalue weighted by Gasteiger charge is 2.34. The van der Waals surface area contributed by atoms with Crippen LogP contribution in [-0.4, -0.2) is 21.8 Å². The summed E-state index contributed by atoms with van der Waals surface area (Å²) in [7, 11) is 0. The largest absolute Gasteiger partial charge is 0.464 e. The van der Waals surface area contributed by atoms with Gasteiger partial charge in [-0.3, -0.25) is 9.78 Å². The van der Waals surface area contributed by atoms with Gasteiger partial charge in [-0.05, 0) is 44.9 Å². The molecule has 2 aromatic rings. The Morgan fingerprint density at radius 3 is 2.81 bits per heavy atom. The Hall–Kier alpha value is -2.30. The van der Waals surface area contributed by atoms with Gasteiger partial charge < -0.3 is 15.1 Å². The summed E-state index contributed by atoms with van der Waals surface area (Å²) in [4.78, 5) is 18.8. The molecule has 0 aromatic carbocycles. The summed E-state index contributed by atoms with van der Waals surface area (Å²) >= 11 is 0. The van der Waals surface area contributed by atoms with Gasteiger partial charge in [0.05, 0.1) is 29.7 Å². The van der Waals surface area contributed by atoms with Crippen molar-refractivity contribution in [1.29, 1.82) is 0 Å². The van der Waals surface area contributed by atoms with Gasteiger partial charge >= 0.3 is 0 Å². The van der Waals surface area contributed by atoms with E-state index in [1.165, 1.54) is 0 Å². The van der Waals surface area contributed by atoms with Crippen molar-refractivity contribution in [2.24, 2.45) is 0 Å². The average molecular weight is 285 g/mol. The predicted octanol–water partition coefficient (Wildman–Crippen LogP) is 2.68. The second-order valence-corrected chi connectivity index (χ2v) is 5.58. The number of nitrogens with zero attached hydrogens (tertiary/aromatic N) is 2. The van der Waals surface area contributed by atoms with E-state index in [0.29, 0.717) is 29.5 Å². The lowest BCUT2D eigenvalue weighted by molar-refractivity contribution is 0.0715. The molecule has 0 bridgehead atoms. The molecule has 1 saturated carbocycles. The molecule has 0 aliphatic heterocycles. The molecule has 0 spiro atoms. The van der Waals surface area contributed by atoms with Crippen LogP contribution in [0.15, 0.2) is 28.8 Å². The summed E-state index contributed by atoms with van der Waals surface area (Å²) in [6.45, 7) is 4.22. The fraction of sp³-hybridized carbons (Fsp3) is 0.375. The second-order valence-electron chi connectivity index (χ2n) is 5.58. The van der Waals surface area contributed by atoms with Crippen LogP contribution in [0.4, 0.5) is 5.69 Å². The van der Waals surface area contributed by atoms with Crippen LogP contribution in [0.2, 0.25) is 0 Å². The first-order chi connectivity index (χ1) is 10.0. The van der Waals surface area contributed by atoms with Crippen LogP contribution in [0.1, 0.15) is 40.4 Å².